The second-order valence-electron chi connectivity index (χ2n) is 5.86. The van der Waals surface area contributed by atoms with Crippen molar-refractivity contribution in [1.29, 1.82) is 0 Å². The van der Waals surface area contributed by atoms with Gasteiger partial charge in [0.2, 0.25) is 0 Å². The van der Waals surface area contributed by atoms with Crippen molar-refractivity contribution in [3.63, 3.8) is 0 Å². The Bertz CT molecular complexity index is 1000. The molecule has 2 aromatic heterocycles. The Hall–Kier alpha value is -2.86. The van der Waals surface area contributed by atoms with Crippen LogP contribution in [0.4, 0.5) is 0 Å². The zero-order valence-electron chi connectivity index (χ0n) is 14.3. The fourth-order valence-corrected chi connectivity index (χ4v) is 2.70. The summed E-state index contributed by atoms with van der Waals surface area (Å²) in [6, 6.07) is 8.21. The van der Waals surface area contributed by atoms with Gasteiger partial charge in [-0.15, -0.1) is 0 Å². The summed E-state index contributed by atoms with van der Waals surface area (Å²) < 4.78 is 10.8. The first-order valence-electron chi connectivity index (χ1n) is 8.01. The number of halogens is 1. The van der Waals surface area contributed by atoms with Gasteiger partial charge < -0.3 is 14.5 Å². The van der Waals surface area contributed by atoms with Crippen LogP contribution in [-0.2, 0) is 11.3 Å². The summed E-state index contributed by atoms with van der Waals surface area (Å²) >= 11 is 6.25. The molecule has 0 saturated heterocycles. The van der Waals surface area contributed by atoms with Gasteiger partial charge in [-0.3, -0.25) is 9.78 Å². The molecule has 1 amide bonds. The topological polar surface area (TPSA) is 81.4 Å². The summed E-state index contributed by atoms with van der Waals surface area (Å²) in [5.74, 6) is -0.0110. The number of hydrogen-bond acceptors (Lipinski definition) is 5. The number of benzene rings is 1. The van der Waals surface area contributed by atoms with Crippen LogP contribution in [0.5, 0.6) is 5.75 Å². The van der Waals surface area contributed by atoms with Crippen LogP contribution in [0.15, 0.2) is 51.9 Å². The Morgan fingerprint density at radius 2 is 2.04 bits per heavy atom. The molecule has 1 unspecified atom stereocenters. The zero-order chi connectivity index (χ0) is 18.7. The summed E-state index contributed by atoms with van der Waals surface area (Å²) in [4.78, 5) is 27.7. The third kappa shape index (κ3) is 4.03. The normalized spacial score (nSPS) is 12.0. The monoisotopic (exact) mass is 372 g/mol. The minimum Gasteiger partial charge on any atom is -0.479 e. The lowest BCUT2D eigenvalue weighted by atomic mass is 10.1. The standard InChI is InChI=1S/C19H17ClN2O4/c1-11-7-18(23)26-16-9-17(15(20)8-14(11)16)25-12(2)19(24)22-10-13-3-5-21-6-4-13/h3-9,12H,10H2,1-2H3,(H,22,24). The van der Waals surface area contributed by atoms with Crippen LogP contribution in [0.2, 0.25) is 5.02 Å². The molecule has 0 bridgehead atoms. The predicted octanol–water partition coefficient (Wildman–Crippen LogP) is 3.23. The van der Waals surface area contributed by atoms with Crippen molar-refractivity contribution in [2.45, 2.75) is 26.5 Å². The Balaban J connectivity index is 1.74. The molecular formula is C19H17ClN2O4. The molecule has 0 aliphatic heterocycles. The van der Waals surface area contributed by atoms with Gasteiger partial charge in [-0.25, -0.2) is 4.79 Å². The maximum atomic E-state index is 12.2. The first-order valence-corrected chi connectivity index (χ1v) is 8.39. The first kappa shape index (κ1) is 17.9. The number of rotatable bonds is 5. The number of carbonyl (C=O) groups is 1. The highest BCUT2D eigenvalue weighted by molar-refractivity contribution is 6.32. The van der Waals surface area contributed by atoms with E-state index in [2.05, 4.69) is 10.3 Å². The highest BCUT2D eigenvalue weighted by Gasteiger charge is 2.17. The number of aromatic nitrogens is 1. The fraction of sp³-hybridized carbons (Fsp3) is 0.211. The minimum atomic E-state index is -0.775. The molecular weight excluding hydrogens is 356 g/mol. The van der Waals surface area contributed by atoms with E-state index in [4.69, 9.17) is 20.8 Å². The predicted molar refractivity (Wildman–Crippen MR) is 98.4 cm³/mol. The van der Waals surface area contributed by atoms with Crippen LogP contribution in [-0.4, -0.2) is 17.0 Å². The first-order chi connectivity index (χ1) is 12.4. The van der Waals surface area contributed by atoms with Crippen LogP contribution in [0.3, 0.4) is 0 Å². The third-order valence-corrected chi connectivity index (χ3v) is 4.19. The van der Waals surface area contributed by atoms with Crippen LogP contribution < -0.4 is 15.7 Å². The molecule has 134 valence electrons. The van der Waals surface area contributed by atoms with Gasteiger partial charge in [0.1, 0.15) is 11.3 Å². The number of aryl methyl sites for hydroxylation is 1. The lowest BCUT2D eigenvalue weighted by Crippen LogP contribution is -2.35. The van der Waals surface area contributed by atoms with Gasteiger partial charge in [-0.05, 0) is 43.2 Å². The fourth-order valence-electron chi connectivity index (χ4n) is 2.49. The Morgan fingerprint density at radius 3 is 2.77 bits per heavy atom. The molecule has 1 N–H and O–H groups in total. The molecule has 1 atom stereocenters. The molecule has 7 heteroatoms. The summed E-state index contributed by atoms with van der Waals surface area (Å²) in [5.41, 5.74) is 1.60. The van der Waals surface area contributed by atoms with E-state index in [0.717, 1.165) is 16.5 Å². The van der Waals surface area contributed by atoms with Gasteiger partial charge in [-0.2, -0.15) is 0 Å². The maximum absolute atomic E-state index is 12.2. The molecule has 0 aliphatic carbocycles. The van der Waals surface area contributed by atoms with Crippen LogP contribution in [0.25, 0.3) is 11.0 Å². The number of fused-ring (bicyclic) bond motifs is 1. The molecule has 0 radical (unpaired) electrons. The van der Waals surface area contributed by atoms with Crippen molar-refractivity contribution in [2.24, 2.45) is 0 Å². The van der Waals surface area contributed by atoms with Gasteiger partial charge in [0, 0.05) is 36.5 Å². The molecule has 3 rings (SSSR count). The number of ether oxygens (including phenoxy) is 1. The van der Waals surface area contributed by atoms with E-state index in [1.807, 2.05) is 12.1 Å². The second-order valence-corrected chi connectivity index (χ2v) is 6.27. The van der Waals surface area contributed by atoms with E-state index in [9.17, 15) is 9.59 Å². The van der Waals surface area contributed by atoms with Crippen LogP contribution in [0, 0.1) is 6.92 Å². The van der Waals surface area contributed by atoms with Gasteiger partial charge >= 0.3 is 5.63 Å². The lowest BCUT2D eigenvalue weighted by molar-refractivity contribution is -0.127. The highest BCUT2D eigenvalue weighted by Crippen LogP contribution is 2.31. The van der Waals surface area contributed by atoms with Crippen molar-refractivity contribution in [1.82, 2.24) is 10.3 Å². The number of amides is 1. The van der Waals surface area contributed by atoms with Gasteiger partial charge in [-0.1, -0.05) is 11.6 Å². The van der Waals surface area contributed by atoms with Crippen molar-refractivity contribution in [3.05, 3.63) is 69.3 Å². The summed E-state index contributed by atoms with van der Waals surface area (Å²) in [7, 11) is 0. The lowest BCUT2D eigenvalue weighted by Gasteiger charge is -2.16. The molecule has 0 fully saturated rings. The number of hydrogen-bond donors (Lipinski definition) is 1. The van der Waals surface area contributed by atoms with E-state index in [1.54, 1.807) is 32.3 Å². The third-order valence-electron chi connectivity index (χ3n) is 3.89. The average Bonchev–Trinajstić information content (AvgIpc) is 2.62. The smallest absolute Gasteiger partial charge is 0.336 e. The number of nitrogens with zero attached hydrogens (tertiary/aromatic N) is 1. The van der Waals surface area contributed by atoms with Crippen molar-refractivity contribution in [3.8, 4) is 5.75 Å². The van der Waals surface area contributed by atoms with E-state index < -0.39 is 11.7 Å². The average molecular weight is 373 g/mol. The van der Waals surface area contributed by atoms with Crippen molar-refractivity contribution < 1.29 is 13.9 Å². The molecule has 1 aromatic carbocycles. The SMILES string of the molecule is Cc1cc(=O)oc2cc(OC(C)C(=O)NCc3ccncc3)c(Cl)cc12. The summed E-state index contributed by atoms with van der Waals surface area (Å²) in [6.45, 7) is 3.79. The van der Waals surface area contributed by atoms with E-state index >= 15 is 0 Å². The van der Waals surface area contributed by atoms with Crippen molar-refractivity contribution in [2.75, 3.05) is 0 Å². The van der Waals surface area contributed by atoms with Crippen molar-refractivity contribution >= 4 is 28.5 Å². The molecule has 3 aromatic rings. The summed E-state index contributed by atoms with van der Waals surface area (Å²) in [6.07, 6.45) is 2.54. The van der Waals surface area contributed by atoms with E-state index in [1.165, 1.54) is 12.1 Å². The quantitative estimate of drug-likeness (QED) is 0.695. The molecule has 26 heavy (non-hydrogen) atoms. The molecule has 0 aliphatic rings. The largest absolute Gasteiger partial charge is 0.479 e. The second kappa shape index (κ2) is 7.58. The van der Waals surface area contributed by atoms with Crippen LogP contribution in [0.1, 0.15) is 18.1 Å². The summed E-state index contributed by atoms with van der Waals surface area (Å²) in [5, 5.41) is 3.84. The Kier molecular flexibility index (Phi) is 5.23. The molecule has 0 spiro atoms. The van der Waals surface area contributed by atoms with Gasteiger partial charge in [0.05, 0.1) is 5.02 Å². The van der Waals surface area contributed by atoms with Crippen LogP contribution >= 0.6 is 11.6 Å². The van der Waals surface area contributed by atoms with Gasteiger partial charge in [0.15, 0.2) is 6.10 Å². The Labute approximate surface area is 154 Å². The maximum Gasteiger partial charge on any atom is 0.336 e. The molecule has 6 nitrogen and oxygen atoms in total. The van der Waals surface area contributed by atoms with E-state index in [-0.39, 0.29) is 11.7 Å². The molecule has 2 heterocycles. The van der Waals surface area contributed by atoms with E-state index in [0.29, 0.717) is 17.2 Å². The van der Waals surface area contributed by atoms with Gasteiger partial charge in [0.25, 0.3) is 5.91 Å². The molecule has 0 saturated carbocycles. The number of pyridine rings is 1. The zero-order valence-corrected chi connectivity index (χ0v) is 15.0. The highest BCUT2D eigenvalue weighted by atomic mass is 35.5. The number of carbonyl (C=O) groups excluding carboxylic acids is 1. The minimum absolute atomic E-state index is 0.277. The number of nitrogens with one attached hydrogen (secondary N) is 1. The Morgan fingerprint density at radius 1 is 1.31 bits per heavy atom.